The van der Waals surface area contributed by atoms with Crippen LogP contribution in [-0.4, -0.2) is 38.5 Å². The van der Waals surface area contributed by atoms with E-state index in [1.165, 1.54) is 11.1 Å². The zero-order valence-corrected chi connectivity index (χ0v) is 19.9. The van der Waals surface area contributed by atoms with Gasteiger partial charge in [-0.3, -0.25) is 9.79 Å². The number of rotatable bonds is 9. The number of hydrogen-bond acceptors (Lipinski definition) is 2. The first-order valence-electron chi connectivity index (χ1n) is 9.91. The molecular formula is C23H33IN4O. The molecule has 29 heavy (non-hydrogen) atoms. The molecule has 1 amide bonds. The Morgan fingerprint density at radius 1 is 0.897 bits per heavy atom. The number of halogens is 1. The van der Waals surface area contributed by atoms with Crippen molar-refractivity contribution in [2.24, 2.45) is 10.9 Å². The number of carbonyl (C=O) groups is 1. The van der Waals surface area contributed by atoms with Gasteiger partial charge in [-0.25, -0.2) is 0 Å². The summed E-state index contributed by atoms with van der Waals surface area (Å²) in [5.74, 6) is 1.15. The highest BCUT2D eigenvalue weighted by Crippen LogP contribution is 2.20. The van der Waals surface area contributed by atoms with E-state index < -0.39 is 0 Å². The van der Waals surface area contributed by atoms with Crippen LogP contribution in [0.1, 0.15) is 30.9 Å². The highest BCUT2D eigenvalue weighted by atomic mass is 127. The van der Waals surface area contributed by atoms with E-state index in [4.69, 9.17) is 0 Å². The van der Waals surface area contributed by atoms with Crippen molar-refractivity contribution >= 4 is 35.8 Å². The molecule has 3 N–H and O–H groups in total. The predicted octanol–water partition coefficient (Wildman–Crippen LogP) is 3.57. The molecule has 0 heterocycles. The highest BCUT2D eigenvalue weighted by molar-refractivity contribution is 14.0. The molecule has 158 valence electrons. The van der Waals surface area contributed by atoms with Crippen LogP contribution in [0.25, 0.3) is 0 Å². The van der Waals surface area contributed by atoms with E-state index >= 15 is 0 Å². The minimum Gasteiger partial charge on any atom is -0.356 e. The van der Waals surface area contributed by atoms with E-state index in [0.717, 1.165) is 18.9 Å². The first-order chi connectivity index (χ1) is 13.6. The quantitative estimate of drug-likeness (QED) is 0.210. The summed E-state index contributed by atoms with van der Waals surface area (Å²) in [6.45, 7) is 5.76. The van der Waals surface area contributed by atoms with Crippen LogP contribution in [0.4, 0.5) is 0 Å². The summed E-state index contributed by atoms with van der Waals surface area (Å²) in [5, 5.41) is 9.58. The number of guanidine groups is 1. The number of benzene rings is 2. The zero-order chi connectivity index (χ0) is 20.2. The van der Waals surface area contributed by atoms with Crippen LogP contribution >= 0.6 is 24.0 Å². The highest BCUT2D eigenvalue weighted by Gasteiger charge is 2.13. The zero-order valence-electron chi connectivity index (χ0n) is 17.5. The lowest BCUT2D eigenvalue weighted by atomic mass is 9.92. The lowest BCUT2D eigenvalue weighted by Gasteiger charge is -2.20. The molecule has 2 rings (SSSR count). The second-order valence-electron chi connectivity index (χ2n) is 7.12. The average molecular weight is 508 g/mol. The lowest BCUT2D eigenvalue weighted by molar-refractivity contribution is -0.123. The maximum Gasteiger partial charge on any atom is 0.222 e. The Bertz CT molecular complexity index is 735. The van der Waals surface area contributed by atoms with Crippen LogP contribution in [0, 0.1) is 5.92 Å². The fourth-order valence-corrected chi connectivity index (χ4v) is 2.94. The Balaban J connectivity index is 0.00000420. The topological polar surface area (TPSA) is 65.5 Å². The SMILES string of the molecule is CN=C(NCCNC(=O)C(C)C)NCC(Cc1ccccc1)c1ccccc1.I. The molecule has 1 atom stereocenters. The summed E-state index contributed by atoms with van der Waals surface area (Å²) in [6, 6.07) is 21.1. The minimum atomic E-state index is 0. The third-order valence-electron chi connectivity index (χ3n) is 4.58. The van der Waals surface area contributed by atoms with Crippen LogP contribution in [-0.2, 0) is 11.2 Å². The molecule has 2 aromatic carbocycles. The molecule has 5 nitrogen and oxygen atoms in total. The standard InChI is InChI=1S/C23H32N4O.HI/c1-18(2)22(28)25-14-15-26-23(24-3)27-17-21(20-12-8-5-9-13-20)16-19-10-6-4-7-11-19;/h4-13,18,21H,14-17H2,1-3H3,(H,25,28)(H2,24,26,27);1H. The fraction of sp³-hybridized carbons (Fsp3) is 0.391. The van der Waals surface area contributed by atoms with Gasteiger partial charge in [0.05, 0.1) is 0 Å². The van der Waals surface area contributed by atoms with Gasteiger partial charge in [0.2, 0.25) is 5.91 Å². The number of amides is 1. The molecule has 0 saturated carbocycles. The third-order valence-corrected chi connectivity index (χ3v) is 4.58. The van der Waals surface area contributed by atoms with Gasteiger partial charge in [0, 0.05) is 38.5 Å². The van der Waals surface area contributed by atoms with Crippen molar-refractivity contribution < 1.29 is 4.79 Å². The maximum atomic E-state index is 11.6. The number of nitrogens with zero attached hydrogens (tertiary/aromatic N) is 1. The molecular weight excluding hydrogens is 475 g/mol. The molecule has 0 aliphatic heterocycles. The van der Waals surface area contributed by atoms with Crippen molar-refractivity contribution in [3.05, 3.63) is 71.8 Å². The van der Waals surface area contributed by atoms with Crippen molar-refractivity contribution in [3.8, 4) is 0 Å². The summed E-state index contributed by atoms with van der Waals surface area (Å²) in [6.07, 6.45) is 0.958. The largest absolute Gasteiger partial charge is 0.356 e. The second-order valence-corrected chi connectivity index (χ2v) is 7.12. The van der Waals surface area contributed by atoms with Crippen LogP contribution in [0.15, 0.2) is 65.7 Å². The van der Waals surface area contributed by atoms with Gasteiger partial charge in [-0.2, -0.15) is 0 Å². The van der Waals surface area contributed by atoms with Crippen molar-refractivity contribution in [1.29, 1.82) is 0 Å². The summed E-state index contributed by atoms with van der Waals surface area (Å²) in [7, 11) is 1.76. The number of aliphatic imine (C=N–C) groups is 1. The Labute approximate surface area is 191 Å². The first-order valence-corrected chi connectivity index (χ1v) is 9.91. The Hall–Kier alpha value is -2.09. The lowest BCUT2D eigenvalue weighted by Crippen LogP contribution is -2.43. The molecule has 0 aromatic heterocycles. The normalized spacial score (nSPS) is 12.1. The van der Waals surface area contributed by atoms with Gasteiger partial charge in [0.25, 0.3) is 0 Å². The van der Waals surface area contributed by atoms with E-state index in [1.54, 1.807) is 7.05 Å². The maximum absolute atomic E-state index is 11.6. The van der Waals surface area contributed by atoms with Crippen LogP contribution in [0.5, 0.6) is 0 Å². The molecule has 0 spiro atoms. The summed E-state index contributed by atoms with van der Waals surface area (Å²) >= 11 is 0. The van der Waals surface area contributed by atoms with Crippen molar-refractivity contribution in [1.82, 2.24) is 16.0 Å². The molecule has 0 aliphatic rings. The van der Waals surface area contributed by atoms with Gasteiger partial charge in [0.15, 0.2) is 5.96 Å². The fourth-order valence-electron chi connectivity index (χ4n) is 2.94. The molecule has 2 aromatic rings. The number of nitrogens with one attached hydrogen (secondary N) is 3. The summed E-state index contributed by atoms with van der Waals surface area (Å²) in [5.41, 5.74) is 2.62. The van der Waals surface area contributed by atoms with Gasteiger partial charge in [0.1, 0.15) is 0 Å². The first kappa shape index (κ1) is 24.9. The molecule has 6 heteroatoms. The molecule has 0 radical (unpaired) electrons. The van der Waals surface area contributed by atoms with E-state index in [0.29, 0.717) is 19.0 Å². The van der Waals surface area contributed by atoms with Crippen molar-refractivity contribution in [2.45, 2.75) is 26.2 Å². The van der Waals surface area contributed by atoms with E-state index in [1.807, 2.05) is 26.0 Å². The van der Waals surface area contributed by atoms with Gasteiger partial charge in [-0.1, -0.05) is 74.5 Å². The van der Waals surface area contributed by atoms with Crippen molar-refractivity contribution in [2.75, 3.05) is 26.7 Å². The van der Waals surface area contributed by atoms with Gasteiger partial charge >= 0.3 is 0 Å². The third kappa shape index (κ3) is 9.30. The van der Waals surface area contributed by atoms with Gasteiger partial charge in [-0.15, -0.1) is 24.0 Å². The van der Waals surface area contributed by atoms with E-state index in [-0.39, 0.29) is 35.8 Å². The summed E-state index contributed by atoms with van der Waals surface area (Å²) < 4.78 is 0. The van der Waals surface area contributed by atoms with Crippen LogP contribution < -0.4 is 16.0 Å². The smallest absolute Gasteiger partial charge is 0.222 e. The Morgan fingerprint density at radius 2 is 1.48 bits per heavy atom. The predicted molar refractivity (Wildman–Crippen MR) is 132 cm³/mol. The molecule has 0 fully saturated rings. The molecule has 0 aliphatic carbocycles. The van der Waals surface area contributed by atoms with Crippen LogP contribution in [0.2, 0.25) is 0 Å². The van der Waals surface area contributed by atoms with Gasteiger partial charge < -0.3 is 16.0 Å². The molecule has 0 saturated heterocycles. The summed E-state index contributed by atoms with van der Waals surface area (Å²) in [4.78, 5) is 15.9. The van der Waals surface area contributed by atoms with Crippen molar-refractivity contribution in [3.63, 3.8) is 0 Å². The second kappa shape index (κ2) is 14.0. The Kier molecular flexibility index (Phi) is 12.0. The van der Waals surface area contributed by atoms with E-state index in [9.17, 15) is 4.79 Å². The monoisotopic (exact) mass is 508 g/mol. The van der Waals surface area contributed by atoms with Crippen LogP contribution in [0.3, 0.4) is 0 Å². The molecule has 0 bridgehead atoms. The van der Waals surface area contributed by atoms with Gasteiger partial charge in [-0.05, 0) is 17.5 Å². The Morgan fingerprint density at radius 3 is 2.07 bits per heavy atom. The average Bonchev–Trinajstić information content (AvgIpc) is 2.73. The minimum absolute atomic E-state index is 0. The van der Waals surface area contributed by atoms with E-state index in [2.05, 4.69) is 69.5 Å². The number of hydrogen-bond donors (Lipinski definition) is 3. The molecule has 1 unspecified atom stereocenters. The number of carbonyl (C=O) groups excluding carboxylic acids is 1.